The molecule has 0 unspecified atom stereocenters. The van der Waals surface area contributed by atoms with Crippen LogP contribution in [0.2, 0.25) is 0 Å². The summed E-state index contributed by atoms with van der Waals surface area (Å²) in [4.78, 5) is 11.8. The van der Waals surface area contributed by atoms with Crippen LogP contribution in [-0.4, -0.2) is 12.5 Å². The van der Waals surface area contributed by atoms with Crippen LogP contribution < -0.4 is 11.1 Å². The van der Waals surface area contributed by atoms with Gasteiger partial charge in [-0.25, -0.2) is 0 Å². The molecule has 0 spiro atoms. The Morgan fingerprint density at radius 2 is 2.00 bits per heavy atom. The lowest BCUT2D eigenvalue weighted by molar-refractivity contribution is 0.0952. The summed E-state index contributed by atoms with van der Waals surface area (Å²) in [5.41, 5.74) is 7.23. The molecule has 2 rings (SSSR count). The van der Waals surface area contributed by atoms with Crippen molar-refractivity contribution >= 4 is 18.3 Å². The van der Waals surface area contributed by atoms with Crippen LogP contribution in [0, 0.1) is 0 Å². The van der Waals surface area contributed by atoms with Crippen molar-refractivity contribution in [2.75, 3.05) is 6.54 Å². The molecule has 3 N–H and O–H groups in total. The van der Waals surface area contributed by atoms with E-state index in [-0.39, 0.29) is 18.3 Å². The highest BCUT2D eigenvalue weighted by Gasteiger charge is 2.08. The molecular weight excluding hydrogens is 276 g/mol. The van der Waals surface area contributed by atoms with E-state index in [4.69, 9.17) is 10.2 Å². The maximum absolute atomic E-state index is 11.8. The second-order valence-electron chi connectivity index (χ2n) is 4.35. The number of carbonyl (C=O) groups is 1. The first kappa shape index (κ1) is 16.3. The lowest BCUT2D eigenvalue weighted by atomic mass is 10.1. The zero-order valence-corrected chi connectivity index (χ0v) is 12.0. The number of benzene rings is 1. The number of amides is 1. The fraction of sp³-hybridized carbons (Fsp3) is 0.267. The SMILES string of the molecule is Cl.NCc1cc(C(=O)NCCCc2ccccc2)co1. The fourth-order valence-electron chi connectivity index (χ4n) is 1.85. The second-order valence-corrected chi connectivity index (χ2v) is 4.35. The number of hydrogen-bond donors (Lipinski definition) is 2. The molecule has 0 fully saturated rings. The molecule has 5 heteroatoms. The van der Waals surface area contributed by atoms with Crippen LogP contribution in [0.25, 0.3) is 0 Å². The van der Waals surface area contributed by atoms with E-state index in [0.29, 0.717) is 24.4 Å². The highest BCUT2D eigenvalue weighted by Crippen LogP contribution is 2.07. The highest BCUT2D eigenvalue weighted by molar-refractivity contribution is 5.93. The standard InChI is InChI=1S/C15H18N2O2.ClH/c16-10-14-9-13(11-19-14)15(18)17-8-4-7-12-5-2-1-3-6-12;/h1-3,5-6,9,11H,4,7-8,10,16H2,(H,17,18);1H. The molecule has 1 heterocycles. The van der Waals surface area contributed by atoms with Crippen molar-refractivity contribution in [1.29, 1.82) is 0 Å². The summed E-state index contributed by atoms with van der Waals surface area (Å²) in [6.07, 6.45) is 3.31. The maximum atomic E-state index is 11.8. The predicted molar refractivity (Wildman–Crippen MR) is 80.9 cm³/mol. The molecule has 0 radical (unpaired) electrons. The lowest BCUT2D eigenvalue weighted by Crippen LogP contribution is -2.24. The van der Waals surface area contributed by atoms with E-state index in [1.54, 1.807) is 6.07 Å². The Hall–Kier alpha value is -1.78. The largest absolute Gasteiger partial charge is 0.467 e. The van der Waals surface area contributed by atoms with Gasteiger partial charge in [-0.15, -0.1) is 12.4 Å². The number of nitrogens with two attached hydrogens (primary N) is 1. The van der Waals surface area contributed by atoms with Gasteiger partial charge in [-0.1, -0.05) is 30.3 Å². The quantitative estimate of drug-likeness (QED) is 0.805. The smallest absolute Gasteiger partial charge is 0.254 e. The number of carbonyl (C=O) groups excluding carboxylic acids is 1. The van der Waals surface area contributed by atoms with Crippen molar-refractivity contribution in [1.82, 2.24) is 5.32 Å². The third kappa shape index (κ3) is 4.72. The fourth-order valence-corrected chi connectivity index (χ4v) is 1.85. The van der Waals surface area contributed by atoms with Crippen LogP contribution in [0.4, 0.5) is 0 Å². The number of rotatable bonds is 6. The molecule has 1 aromatic heterocycles. The lowest BCUT2D eigenvalue weighted by Gasteiger charge is -2.03. The summed E-state index contributed by atoms with van der Waals surface area (Å²) in [5.74, 6) is 0.506. The summed E-state index contributed by atoms with van der Waals surface area (Å²) in [7, 11) is 0. The van der Waals surface area contributed by atoms with Gasteiger partial charge in [0, 0.05) is 6.54 Å². The van der Waals surface area contributed by atoms with Gasteiger partial charge in [-0.05, 0) is 24.5 Å². The maximum Gasteiger partial charge on any atom is 0.254 e. The summed E-state index contributed by atoms with van der Waals surface area (Å²) < 4.78 is 5.12. The van der Waals surface area contributed by atoms with Crippen molar-refractivity contribution in [3.05, 3.63) is 59.5 Å². The molecule has 108 valence electrons. The van der Waals surface area contributed by atoms with E-state index in [0.717, 1.165) is 12.8 Å². The zero-order chi connectivity index (χ0) is 13.5. The summed E-state index contributed by atoms with van der Waals surface area (Å²) in [6.45, 7) is 0.957. The molecule has 2 aromatic rings. The summed E-state index contributed by atoms with van der Waals surface area (Å²) in [6, 6.07) is 11.9. The van der Waals surface area contributed by atoms with Gasteiger partial charge in [0.25, 0.3) is 5.91 Å². The third-order valence-electron chi connectivity index (χ3n) is 2.89. The van der Waals surface area contributed by atoms with E-state index in [1.807, 2.05) is 18.2 Å². The molecule has 1 aromatic carbocycles. The van der Waals surface area contributed by atoms with Gasteiger partial charge >= 0.3 is 0 Å². The minimum absolute atomic E-state index is 0. The summed E-state index contributed by atoms with van der Waals surface area (Å²) in [5, 5.41) is 2.87. The van der Waals surface area contributed by atoms with E-state index >= 15 is 0 Å². The van der Waals surface area contributed by atoms with Crippen molar-refractivity contribution < 1.29 is 9.21 Å². The van der Waals surface area contributed by atoms with Gasteiger partial charge in [0.2, 0.25) is 0 Å². The molecule has 0 aliphatic heterocycles. The number of halogens is 1. The molecule has 0 saturated heterocycles. The van der Waals surface area contributed by atoms with Gasteiger partial charge in [0.1, 0.15) is 12.0 Å². The first-order valence-electron chi connectivity index (χ1n) is 6.39. The van der Waals surface area contributed by atoms with Gasteiger partial charge < -0.3 is 15.5 Å². The molecular formula is C15H19ClN2O2. The first-order chi connectivity index (χ1) is 9.29. The molecule has 20 heavy (non-hydrogen) atoms. The average Bonchev–Trinajstić information content (AvgIpc) is 2.93. The van der Waals surface area contributed by atoms with Crippen molar-refractivity contribution in [2.24, 2.45) is 5.73 Å². The minimum atomic E-state index is -0.114. The highest BCUT2D eigenvalue weighted by atomic mass is 35.5. The Bertz CT molecular complexity index is 526. The first-order valence-corrected chi connectivity index (χ1v) is 6.39. The Balaban J connectivity index is 0.00000200. The Morgan fingerprint density at radius 1 is 1.25 bits per heavy atom. The molecule has 1 amide bonds. The normalized spacial score (nSPS) is 9.85. The van der Waals surface area contributed by atoms with Gasteiger partial charge in [0.15, 0.2) is 0 Å². The van der Waals surface area contributed by atoms with Gasteiger partial charge in [-0.2, -0.15) is 0 Å². The Kier molecular flexibility index (Phi) is 6.84. The monoisotopic (exact) mass is 294 g/mol. The van der Waals surface area contributed by atoms with Gasteiger partial charge in [-0.3, -0.25) is 4.79 Å². The molecule has 0 aliphatic rings. The van der Waals surface area contributed by atoms with Crippen molar-refractivity contribution in [3.63, 3.8) is 0 Å². The van der Waals surface area contributed by atoms with E-state index < -0.39 is 0 Å². The van der Waals surface area contributed by atoms with E-state index in [1.165, 1.54) is 11.8 Å². The van der Waals surface area contributed by atoms with Crippen LogP contribution >= 0.6 is 12.4 Å². The van der Waals surface area contributed by atoms with E-state index in [2.05, 4.69) is 17.4 Å². The number of hydrogen-bond acceptors (Lipinski definition) is 3. The zero-order valence-electron chi connectivity index (χ0n) is 11.2. The number of furan rings is 1. The van der Waals surface area contributed by atoms with Crippen LogP contribution in [0.5, 0.6) is 0 Å². The molecule has 0 bridgehead atoms. The van der Waals surface area contributed by atoms with Gasteiger partial charge in [0.05, 0.1) is 12.1 Å². The van der Waals surface area contributed by atoms with Crippen molar-refractivity contribution in [3.8, 4) is 0 Å². The van der Waals surface area contributed by atoms with Crippen LogP contribution in [0.15, 0.2) is 47.1 Å². The molecule has 0 saturated carbocycles. The van der Waals surface area contributed by atoms with Crippen LogP contribution in [0.1, 0.15) is 28.1 Å². The number of nitrogens with one attached hydrogen (secondary N) is 1. The molecule has 4 nitrogen and oxygen atoms in total. The number of aryl methyl sites for hydroxylation is 1. The Morgan fingerprint density at radius 3 is 2.65 bits per heavy atom. The molecule has 0 atom stereocenters. The predicted octanol–water partition coefficient (Wildman–Crippen LogP) is 2.52. The van der Waals surface area contributed by atoms with Crippen molar-refractivity contribution in [2.45, 2.75) is 19.4 Å². The van der Waals surface area contributed by atoms with Crippen LogP contribution in [-0.2, 0) is 13.0 Å². The minimum Gasteiger partial charge on any atom is -0.467 e. The topological polar surface area (TPSA) is 68.3 Å². The molecule has 0 aliphatic carbocycles. The second kappa shape index (κ2) is 8.40. The van der Waals surface area contributed by atoms with Crippen LogP contribution in [0.3, 0.4) is 0 Å². The average molecular weight is 295 g/mol. The van der Waals surface area contributed by atoms with E-state index in [9.17, 15) is 4.79 Å². The Labute approximate surface area is 124 Å². The third-order valence-corrected chi connectivity index (χ3v) is 2.89. The summed E-state index contributed by atoms with van der Waals surface area (Å²) >= 11 is 0.